The first kappa shape index (κ1) is 17.3. The van der Waals surface area contributed by atoms with Gasteiger partial charge in [-0.2, -0.15) is 8.78 Å². The number of hydrogen-bond donors (Lipinski definition) is 0. The van der Waals surface area contributed by atoms with Gasteiger partial charge in [0.05, 0.1) is 25.4 Å². The SMILES string of the molecule is CCc1cc2c(=O)n(Cc3ccc(OC(F)F)c(OC)c3)cnc2s1. The van der Waals surface area contributed by atoms with E-state index in [4.69, 9.17) is 4.74 Å². The number of alkyl halides is 2. The van der Waals surface area contributed by atoms with E-state index in [0.717, 1.165) is 16.1 Å². The van der Waals surface area contributed by atoms with Crippen LogP contribution in [0, 0.1) is 0 Å². The summed E-state index contributed by atoms with van der Waals surface area (Å²) >= 11 is 1.51. The maximum absolute atomic E-state index is 12.6. The molecule has 0 spiro atoms. The average molecular weight is 366 g/mol. The van der Waals surface area contributed by atoms with Crippen LogP contribution in [-0.2, 0) is 13.0 Å². The normalized spacial score (nSPS) is 11.2. The highest BCUT2D eigenvalue weighted by Crippen LogP contribution is 2.29. The first-order valence-electron chi connectivity index (χ1n) is 7.61. The third-order valence-corrected chi connectivity index (χ3v) is 4.90. The van der Waals surface area contributed by atoms with E-state index in [2.05, 4.69) is 9.72 Å². The van der Waals surface area contributed by atoms with Crippen LogP contribution in [0.2, 0.25) is 0 Å². The van der Waals surface area contributed by atoms with Gasteiger partial charge in [-0.3, -0.25) is 9.36 Å². The van der Waals surface area contributed by atoms with Crippen LogP contribution in [0.1, 0.15) is 17.4 Å². The predicted molar refractivity (Wildman–Crippen MR) is 92.0 cm³/mol. The summed E-state index contributed by atoms with van der Waals surface area (Å²) in [5.74, 6) is 0.135. The lowest BCUT2D eigenvalue weighted by molar-refractivity contribution is -0.0512. The lowest BCUT2D eigenvalue weighted by Crippen LogP contribution is -2.20. The highest BCUT2D eigenvalue weighted by atomic mass is 32.1. The number of benzene rings is 1. The van der Waals surface area contributed by atoms with Crippen LogP contribution in [0.4, 0.5) is 8.78 Å². The minimum atomic E-state index is -2.93. The molecule has 3 aromatic rings. The lowest BCUT2D eigenvalue weighted by atomic mass is 10.2. The number of thiophene rings is 1. The molecular formula is C17H16F2N2O3S. The fraction of sp³-hybridized carbons (Fsp3) is 0.294. The first-order valence-corrected chi connectivity index (χ1v) is 8.43. The maximum atomic E-state index is 12.6. The second-order valence-electron chi connectivity index (χ2n) is 5.33. The summed E-state index contributed by atoms with van der Waals surface area (Å²) in [6.07, 6.45) is 2.35. The van der Waals surface area contributed by atoms with E-state index < -0.39 is 6.61 Å². The molecule has 0 fully saturated rings. The van der Waals surface area contributed by atoms with Crippen molar-refractivity contribution in [2.24, 2.45) is 0 Å². The third kappa shape index (κ3) is 3.63. The summed E-state index contributed by atoms with van der Waals surface area (Å²) in [5, 5.41) is 0.592. The number of methoxy groups -OCH3 is 1. The molecule has 0 radical (unpaired) electrons. The molecule has 8 heteroatoms. The van der Waals surface area contributed by atoms with Crippen molar-refractivity contribution in [3.8, 4) is 11.5 Å². The van der Waals surface area contributed by atoms with Crippen LogP contribution in [0.25, 0.3) is 10.2 Å². The Labute approximate surface area is 146 Å². The van der Waals surface area contributed by atoms with E-state index in [-0.39, 0.29) is 23.6 Å². The average Bonchev–Trinajstić information content (AvgIpc) is 3.02. The van der Waals surface area contributed by atoms with E-state index >= 15 is 0 Å². The number of fused-ring (bicyclic) bond motifs is 1. The molecule has 0 aliphatic rings. The molecule has 0 atom stereocenters. The zero-order valence-electron chi connectivity index (χ0n) is 13.7. The van der Waals surface area contributed by atoms with Gasteiger partial charge in [0.15, 0.2) is 11.5 Å². The molecule has 0 bridgehead atoms. The number of aryl methyl sites for hydroxylation is 1. The summed E-state index contributed by atoms with van der Waals surface area (Å²) in [7, 11) is 1.37. The molecule has 1 aromatic carbocycles. The summed E-state index contributed by atoms with van der Waals surface area (Å²) in [6, 6.07) is 6.45. The van der Waals surface area contributed by atoms with Crippen molar-refractivity contribution < 1.29 is 18.3 Å². The smallest absolute Gasteiger partial charge is 0.387 e. The van der Waals surface area contributed by atoms with Crippen molar-refractivity contribution in [2.45, 2.75) is 26.5 Å². The highest BCUT2D eigenvalue weighted by molar-refractivity contribution is 7.18. The fourth-order valence-corrected chi connectivity index (χ4v) is 3.42. The van der Waals surface area contributed by atoms with Crippen molar-refractivity contribution >= 4 is 21.6 Å². The van der Waals surface area contributed by atoms with Gasteiger partial charge < -0.3 is 9.47 Å². The largest absolute Gasteiger partial charge is 0.493 e. The minimum absolute atomic E-state index is 0.0485. The molecule has 5 nitrogen and oxygen atoms in total. The molecule has 0 saturated carbocycles. The molecule has 2 aromatic heterocycles. The van der Waals surface area contributed by atoms with Crippen molar-refractivity contribution in [1.29, 1.82) is 0 Å². The van der Waals surface area contributed by atoms with Crippen LogP contribution in [0.5, 0.6) is 11.5 Å². The third-order valence-electron chi connectivity index (χ3n) is 3.71. The Morgan fingerprint density at radius 3 is 2.76 bits per heavy atom. The van der Waals surface area contributed by atoms with Crippen molar-refractivity contribution in [3.63, 3.8) is 0 Å². The molecule has 0 aliphatic heterocycles. The Kier molecular flexibility index (Phi) is 4.98. The molecule has 2 heterocycles. The molecule has 0 unspecified atom stereocenters. The monoisotopic (exact) mass is 366 g/mol. The Balaban J connectivity index is 1.93. The minimum Gasteiger partial charge on any atom is -0.493 e. The molecule has 3 rings (SSSR count). The van der Waals surface area contributed by atoms with Crippen LogP contribution in [0.3, 0.4) is 0 Å². The molecule has 25 heavy (non-hydrogen) atoms. The van der Waals surface area contributed by atoms with Crippen molar-refractivity contribution in [2.75, 3.05) is 7.11 Å². The Bertz CT molecular complexity index is 953. The second kappa shape index (κ2) is 7.18. The van der Waals surface area contributed by atoms with Crippen molar-refractivity contribution in [1.82, 2.24) is 9.55 Å². The Morgan fingerprint density at radius 2 is 2.08 bits per heavy atom. The zero-order valence-corrected chi connectivity index (χ0v) is 14.5. The first-order chi connectivity index (χ1) is 12.0. The number of hydrogen-bond acceptors (Lipinski definition) is 5. The molecular weight excluding hydrogens is 350 g/mol. The number of nitrogens with zero attached hydrogens (tertiary/aromatic N) is 2. The summed E-state index contributed by atoms with van der Waals surface area (Å²) in [4.78, 5) is 18.8. The number of ether oxygens (including phenoxy) is 2. The molecule has 0 aliphatic carbocycles. The van der Waals surface area contributed by atoms with E-state index in [9.17, 15) is 13.6 Å². The van der Waals surface area contributed by atoms with Gasteiger partial charge in [-0.15, -0.1) is 11.3 Å². The van der Waals surface area contributed by atoms with E-state index in [1.165, 1.54) is 35.4 Å². The lowest BCUT2D eigenvalue weighted by Gasteiger charge is -2.12. The van der Waals surface area contributed by atoms with Crippen LogP contribution in [-0.4, -0.2) is 23.3 Å². The van der Waals surface area contributed by atoms with E-state index in [1.807, 2.05) is 13.0 Å². The molecule has 0 amide bonds. The van der Waals surface area contributed by atoms with Gasteiger partial charge in [-0.1, -0.05) is 13.0 Å². The molecule has 0 N–H and O–H groups in total. The van der Waals surface area contributed by atoms with Crippen LogP contribution < -0.4 is 15.0 Å². The number of rotatable bonds is 6. The van der Waals surface area contributed by atoms with Gasteiger partial charge >= 0.3 is 6.61 Å². The standard InChI is InChI=1S/C17H16F2N2O3S/c1-3-11-7-12-15(25-11)20-9-21(16(12)22)8-10-4-5-13(24-17(18)19)14(6-10)23-2/h4-7,9,17H,3,8H2,1-2H3. The van der Waals surface area contributed by atoms with Gasteiger partial charge in [0.1, 0.15) is 4.83 Å². The van der Waals surface area contributed by atoms with E-state index in [1.54, 1.807) is 12.1 Å². The van der Waals surface area contributed by atoms with Gasteiger partial charge in [-0.25, -0.2) is 4.98 Å². The predicted octanol–water partition coefficient (Wildman–Crippen LogP) is 3.68. The number of halogens is 2. The maximum Gasteiger partial charge on any atom is 0.387 e. The van der Waals surface area contributed by atoms with Crippen molar-refractivity contribution in [3.05, 3.63) is 51.4 Å². The Morgan fingerprint density at radius 1 is 1.28 bits per heavy atom. The number of aromatic nitrogens is 2. The molecule has 0 saturated heterocycles. The fourth-order valence-electron chi connectivity index (χ4n) is 2.50. The topological polar surface area (TPSA) is 53.4 Å². The quantitative estimate of drug-likeness (QED) is 0.668. The summed E-state index contributed by atoms with van der Waals surface area (Å²) < 4.78 is 35.7. The van der Waals surface area contributed by atoms with Gasteiger partial charge in [0, 0.05) is 4.88 Å². The Hall–Kier alpha value is -2.48. The van der Waals surface area contributed by atoms with E-state index in [0.29, 0.717) is 10.9 Å². The zero-order chi connectivity index (χ0) is 18.0. The van der Waals surface area contributed by atoms with Gasteiger partial charge in [-0.05, 0) is 30.2 Å². The van der Waals surface area contributed by atoms with Gasteiger partial charge in [0.2, 0.25) is 0 Å². The molecule has 132 valence electrons. The second-order valence-corrected chi connectivity index (χ2v) is 6.44. The van der Waals surface area contributed by atoms with Gasteiger partial charge in [0.25, 0.3) is 5.56 Å². The summed E-state index contributed by atoms with van der Waals surface area (Å²) in [6.45, 7) is -0.650. The van der Waals surface area contributed by atoms with Crippen LogP contribution >= 0.6 is 11.3 Å². The highest BCUT2D eigenvalue weighted by Gasteiger charge is 2.13. The van der Waals surface area contributed by atoms with Crippen LogP contribution in [0.15, 0.2) is 35.4 Å². The summed E-state index contributed by atoms with van der Waals surface area (Å²) in [5.41, 5.74) is 0.584.